The molecule has 0 aromatic rings. The van der Waals surface area contributed by atoms with Crippen molar-refractivity contribution in [2.24, 2.45) is 5.92 Å². The van der Waals surface area contributed by atoms with Crippen LogP contribution < -0.4 is 0 Å². The van der Waals surface area contributed by atoms with E-state index >= 15 is 0 Å². The molecule has 0 unspecified atom stereocenters. The van der Waals surface area contributed by atoms with Crippen LogP contribution in [0.5, 0.6) is 0 Å². The van der Waals surface area contributed by atoms with Crippen molar-refractivity contribution in [1.29, 1.82) is 5.26 Å². The zero-order valence-electron chi connectivity index (χ0n) is 9.21. The van der Waals surface area contributed by atoms with Gasteiger partial charge < -0.3 is 4.90 Å². The lowest BCUT2D eigenvalue weighted by molar-refractivity contribution is 0.252. The summed E-state index contributed by atoms with van der Waals surface area (Å²) in [5, 5.41) is 8.37. The summed E-state index contributed by atoms with van der Waals surface area (Å²) in [6.45, 7) is 10.2. The summed E-state index contributed by atoms with van der Waals surface area (Å²) in [4.78, 5) is 2.46. The maximum absolute atomic E-state index is 8.37. The van der Waals surface area contributed by atoms with E-state index in [1.807, 2.05) is 0 Å². The third-order valence-corrected chi connectivity index (χ3v) is 2.08. The summed E-state index contributed by atoms with van der Waals surface area (Å²) < 4.78 is 0. The van der Waals surface area contributed by atoms with Gasteiger partial charge in [-0.2, -0.15) is 5.26 Å². The van der Waals surface area contributed by atoms with E-state index in [0.717, 1.165) is 31.8 Å². The second-order valence-corrected chi connectivity index (χ2v) is 3.90. The van der Waals surface area contributed by atoms with Crippen LogP contribution in [0.3, 0.4) is 0 Å². The second-order valence-electron chi connectivity index (χ2n) is 3.90. The van der Waals surface area contributed by atoms with Gasteiger partial charge in [0.05, 0.1) is 6.07 Å². The van der Waals surface area contributed by atoms with Crippen molar-refractivity contribution in [2.45, 2.75) is 40.0 Å². The molecular formula is C11H22N2. The Morgan fingerprint density at radius 1 is 1.31 bits per heavy atom. The SMILES string of the molecule is CCN(CCCCC#N)CC(C)C. The van der Waals surface area contributed by atoms with Crippen molar-refractivity contribution < 1.29 is 0 Å². The largest absolute Gasteiger partial charge is 0.303 e. The minimum absolute atomic E-state index is 0.708. The van der Waals surface area contributed by atoms with Crippen LogP contribution >= 0.6 is 0 Å². The fraction of sp³-hybridized carbons (Fsp3) is 0.909. The van der Waals surface area contributed by atoms with Crippen molar-refractivity contribution in [2.75, 3.05) is 19.6 Å². The van der Waals surface area contributed by atoms with Gasteiger partial charge in [-0.1, -0.05) is 20.8 Å². The Kier molecular flexibility index (Phi) is 7.73. The summed E-state index contributed by atoms with van der Waals surface area (Å²) in [5.74, 6) is 0.746. The van der Waals surface area contributed by atoms with E-state index in [1.165, 1.54) is 6.54 Å². The fourth-order valence-electron chi connectivity index (χ4n) is 1.43. The van der Waals surface area contributed by atoms with Gasteiger partial charge in [0.15, 0.2) is 0 Å². The molecule has 0 aliphatic heterocycles. The number of nitrogens with zero attached hydrogens (tertiary/aromatic N) is 2. The quantitative estimate of drug-likeness (QED) is 0.566. The number of hydrogen-bond donors (Lipinski definition) is 0. The molecule has 0 amide bonds. The van der Waals surface area contributed by atoms with Gasteiger partial charge in [-0.15, -0.1) is 0 Å². The maximum Gasteiger partial charge on any atom is 0.0621 e. The van der Waals surface area contributed by atoms with Crippen LogP contribution in [0.4, 0.5) is 0 Å². The second kappa shape index (κ2) is 8.07. The highest BCUT2D eigenvalue weighted by molar-refractivity contribution is 4.69. The molecular weight excluding hydrogens is 160 g/mol. The van der Waals surface area contributed by atoms with E-state index in [2.05, 4.69) is 31.7 Å². The average Bonchev–Trinajstić information content (AvgIpc) is 2.09. The van der Waals surface area contributed by atoms with Gasteiger partial charge in [0, 0.05) is 13.0 Å². The molecule has 0 aromatic carbocycles. The van der Waals surface area contributed by atoms with Crippen LogP contribution in [0.15, 0.2) is 0 Å². The molecule has 76 valence electrons. The molecule has 0 heterocycles. The molecule has 0 bridgehead atoms. The van der Waals surface area contributed by atoms with Crippen LogP contribution in [0.25, 0.3) is 0 Å². The molecule has 2 nitrogen and oxygen atoms in total. The number of hydrogen-bond acceptors (Lipinski definition) is 2. The third kappa shape index (κ3) is 7.80. The van der Waals surface area contributed by atoms with E-state index in [-0.39, 0.29) is 0 Å². The van der Waals surface area contributed by atoms with Crippen LogP contribution in [0.1, 0.15) is 40.0 Å². The summed E-state index contributed by atoms with van der Waals surface area (Å²) >= 11 is 0. The first-order valence-corrected chi connectivity index (χ1v) is 5.30. The summed E-state index contributed by atoms with van der Waals surface area (Å²) in [5.41, 5.74) is 0. The number of unbranched alkanes of at least 4 members (excludes halogenated alkanes) is 2. The smallest absolute Gasteiger partial charge is 0.0621 e. The standard InChI is InChI=1S/C11H22N2/c1-4-13(10-11(2)3)9-7-5-6-8-12/h11H,4-7,9-10H2,1-3H3. The fourth-order valence-corrected chi connectivity index (χ4v) is 1.43. The lowest BCUT2D eigenvalue weighted by Crippen LogP contribution is -2.28. The molecule has 13 heavy (non-hydrogen) atoms. The minimum Gasteiger partial charge on any atom is -0.303 e. The first kappa shape index (κ1) is 12.4. The molecule has 0 atom stereocenters. The Hall–Kier alpha value is -0.550. The summed E-state index contributed by atoms with van der Waals surface area (Å²) in [6.07, 6.45) is 2.92. The van der Waals surface area contributed by atoms with Crippen molar-refractivity contribution in [1.82, 2.24) is 4.90 Å². The van der Waals surface area contributed by atoms with Crippen molar-refractivity contribution in [3.05, 3.63) is 0 Å². The zero-order chi connectivity index (χ0) is 10.1. The highest BCUT2D eigenvalue weighted by atomic mass is 15.1. The third-order valence-electron chi connectivity index (χ3n) is 2.08. The molecule has 0 aliphatic rings. The Bertz CT molecular complexity index is 147. The molecule has 0 aromatic heterocycles. The molecule has 0 saturated heterocycles. The van der Waals surface area contributed by atoms with Crippen molar-refractivity contribution >= 4 is 0 Å². The van der Waals surface area contributed by atoms with Crippen LogP contribution in [-0.2, 0) is 0 Å². The Morgan fingerprint density at radius 3 is 2.46 bits per heavy atom. The monoisotopic (exact) mass is 182 g/mol. The van der Waals surface area contributed by atoms with Gasteiger partial charge in [0.1, 0.15) is 0 Å². The highest BCUT2D eigenvalue weighted by Gasteiger charge is 2.03. The molecule has 0 aliphatic carbocycles. The van der Waals surface area contributed by atoms with Gasteiger partial charge in [-0.3, -0.25) is 0 Å². The van der Waals surface area contributed by atoms with Gasteiger partial charge in [0.25, 0.3) is 0 Å². The van der Waals surface area contributed by atoms with E-state index in [9.17, 15) is 0 Å². The number of rotatable bonds is 7. The van der Waals surface area contributed by atoms with Crippen LogP contribution in [0, 0.1) is 17.2 Å². The van der Waals surface area contributed by atoms with E-state index in [0.29, 0.717) is 6.42 Å². The van der Waals surface area contributed by atoms with Gasteiger partial charge in [-0.25, -0.2) is 0 Å². The van der Waals surface area contributed by atoms with E-state index in [1.54, 1.807) is 0 Å². The molecule has 0 radical (unpaired) electrons. The van der Waals surface area contributed by atoms with E-state index in [4.69, 9.17) is 5.26 Å². The Morgan fingerprint density at radius 2 is 2.00 bits per heavy atom. The van der Waals surface area contributed by atoms with Gasteiger partial charge >= 0.3 is 0 Å². The Balaban J connectivity index is 3.43. The van der Waals surface area contributed by atoms with Crippen LogP contribution in [0.2, 0.25) is 0 Å². The zero-order valence-corrected chi connectivity index (χ0v) is 9.21. The lowest BCUT2D eigenvalue weighted by Gasteiger charge is -2.21. The van der Waals surface area contributed by atoms with Crippen LogP contribution in [-0.4, -0.2) is 24.5 Å². The molecule has 2 heteroatoms. The number of nitriles is 1. The molecule has 0 N–H and O–H groups in total. The highest BCUT2D eigenvalue weighted by Crippen LogP contribution is 2.02. The topological polar surface area (TPSA) is 27.0 Å². The first-order chi connectivity index (χ1) is 6.20. The Labute approximate surface area is 82.5 Å². The van der Waals surface area contributed by atoms with Crippen molar-refractivity contribution in [3.63, 3.8) is 0 Å². The normalized spacial score (nSPS) is 10.8. The van der Waals surface area contributed by atoms with Gasteiger partial charge in [0.2, 0.25) is 0 Å². The summed E-state index contributed by atoms with van der Waals surface area (Å²) in [6, 6.07) is 2.18. The lowest BCUT2D eigenvalue weighted by atomic mass is 10.2. The summed E-state index contributed by atoms with van der Waals surface area (Å²) in [7, 11) is 0. The maximum atomic E-state index is 8.37. The first-order valence-electron chi connectivity index (χ1n) is 5.30. The van der Waals surface area contributed by atoms with E-state index < -0.39 is 0 Å². The molecule has 0 spiro atoms. The van der Waals surface area contributed by atoms with Crippen molar-refractivity contribution in [3.8, 4) is 6.07 Å². The minimum atomic E-state index is 0.708. The molecule has 0 saturated carbocycles. The predicted octanol–water partition coefficient (Wildman–Crippen LogP) is 2.66. The molecule has 0 rings (SSSR count). The predicted molar refractivity (Wildman–Crippen MR) is 56.4 cm³/mol. The molecule has 0 fully saturated rings. The average molecular weight is 182 g/mol. The van der Waals surface area contributed by atoms with Gasteiger partial charge in [-0.05, 0) is 31.8 Å².